The molecular weight excluding hydrogens is 392 g/mol. The van der Waals surface area contributed by atoms with E-state index in [4.69, 9.17) is 5.73 Å². The van der Waals surface area contributed by atoms with Crippen molar-refractivity contribution in [3.05, 3.63) is 89.5 Å². The Kier molecular flexibility index (Phi) is 5.36. The fraction of sp³-hybridized carbons (Fsp3) is 0.130. The van der Waals surface area contributed by atoms with E-state index in [0.717, 1.165) is 22.6 Å². The molecule has 3 N–H and O–H groups in total. The molecular formula is C23H22N6O2. The van der Waals surface area contributed by atoms with Gasteiger partial charge in [-0.05, 0) is 44.2 Å². The Morgan fingerprint density at radius 1 is 0.968 bits per heavy atom. The van der Waals surface area contributed by atoms with Crippen LogP contribution in [0.1, 0.15) is 27.4 Å². The molecule has 0 aliphatic heterocycles. The number of nitrogens with one attached hydrogen (secondary N) is 1. The number of benzene rings is 2. The summed E-state index contributed by atoms with van der Waals surface area (Å²) in [6.45, 7) is 3.86. The Labute approximate surface area is 179 Å². The maximum absolute atomic E-state index is 12.9. The third-order valence-corrected chi connectivity index (χ3v) is 5.05. The van der Waals surface area contributed by atoms with Gasteiger partial charge in [0.15, 0.2) is 0 Å². The lowest BCUT2D eigenvalue weighted by molar-refractivity contribution is -0.115. The summed E-state index contributed by atoms with van der Waals surface area (Å²) >= 11 is 0. The molecule has 156 valence electrons. The van der Waals surface area contributed by atoms with E-state index in [-0.39, 0.29) is 18.0 Å². The standard InChI is InChI=1S/C23H22N6O2/c1-15-18(16(2)29(26-15)17-8-4-3-5-9-17)14-22(30)25-19-10-6-7-11-21(19)28-13-12-20(27-28)23(24)31/h3-13H,14H2,1-2H3,(H2,24,31)(H,25,30). The van der Waals surface area contributed by atoms with Crippen LogP contribution in [0.2, 0.25) is 0 Å². The summed E-state index contributed by atoms with van der Waals surface area (Å²) in [6.07, 6.45) is 1.81. The molecule has 0 spiro atoms. The molecule has 0 radical (unpaired) electrons. The monoisotopic (exact) mass is 414 g/mol. The first-order chi connectivity index (χ1) is 14.9. The van der Waals surface area contributed by atoms with Gasteiger partial charge in [0.1, 0.15) is 5.69 Å². The number of aromatic nitrogens is 4. The number of rotatable bonds is 6. The number of anilines is 1. The van der Waals surface area contributed by atoms with Gasteiger partial charge in [0.25, 0.3) is 5.91 Å². The van der Waals surface area contributed by atoms with E-state index in [1.54, 1.807) is 18.3 Å². The summed E-state index contributed by atoms with van der Waals surface area (Å²) < 4.78 is 3.36. The second kappa shape index (κ2) is 8.27. The predicted molar refractivity (Wildman–Crippen MR) is 117 cm³/mol. The maximum atomic E-state index is 12.9. The van der Waals surface area contributed by atoms with Crippen LogP contribution in [0.25, 0.3) is 11.4 Å². The molecule has 0 saturated heterocycles. The van der Waals surface area contributed by atoms with E-state index in [0.29, 0.717) is 11.4 Å². The first-order valence-electron chi connectivity index (χ1n) is 9.79. The van der Waals surface area contributed by atoms with E-state index < -0.39 is 5.91 Å². The molecule has 0 saturated carbocycles. The second-order valence-electron chi connectivity index (χ2n) is 7.15. The average molecular weight is 414 g/mol. The van der Waals surface area contributed by atoms with E-state index in [1.165, 1.54) is 10.7 Å². The van der Waals surface area contributed by atoms with Crippen LogP contribution in [0, 0.1) is 13.8 Å². The van der Waals surface area contributed by atoms with Crippen molar-refractivity contribution in [2.45, 2.75) is 20.3 Å². The average Bonchev–Trinajstić information content (AvgIpc) is 3.36. The Hall–Kier alpha value is -4.20. The summed E-state index contributed by atoms with van der Waals surface area (Å²) in [4.78, 5) is 24.2. The van der Waals surface area contributed by atoms with E-state index >= 15 is 0 Å². The molecule has 4 aromatic rings. The Balaban J connectivity index is 1.57. The van der Waals surface area contributed by atoms with Gasteiger partial charge in [-0.25, -0.2) is 9.36 Å². The summed E-state index contributed by atoms with van der Waals surface area (Å²) in [5.41, 5.74) is 10.2. The lowest BCUT2D eigenvalue weighted by Gasteiger charge is -2.11. The number of carbonyl (C=O) groups is 2. The van der Waals surface area contributed by atoms with Gasteiger partial charge in [-0.15, -0.1) is 0 Å². The highest BCUT2D eigenvalue weighted by atomic mass is 16.2. The highest BCUT2D eigenvalue weighted by Gasteiger charge is 2.17. The highest BCUT2D eigenvalue weighted by Crippen LogP contribution is 2.22. The summed E-state index contributed by atoms with van der Waals surface area (Å²) in [7, 11) is 0. The van der Waals surface area contributed by atoms with Crippen LogP contribution in [-0.2, 0) is 11.2 Å². The van der Waals surface area contributed by atoms with Crippen LogP contribution in [0.4, 0.5) is 5.69 Å². The van der Waals surface area contributed by atoms with Crippen molar-refractivity contribution < 1.29 is 9.59 Å². The fourth-order valence-corrected chi connectivity index (χ4v) is 3.48. The minimum Gasteiger partial charge on any atom is -0.364 e. The Morgan fingerprint density at radius 2 is 1.68 bits per heavy atom. The molecule has 8 heteroatoms. The van der Waals surface area contributed by atoms with Gasteiger partial charge in [0.05, 0.1) is 29.2 Å². The molecule has 2 amide bonds. The normalized spacial score (nSPS) is 10.8. The van der Waals surface area contributed by atoms with Gasteiger partial charge in [-0.3, -0.25) is 9.59 Å². The SMILES string of the molecule is Cc1nn(-c2ccccc2)c(C)c1CC(=O)Nc1ccccc1-n1ccc(C(N)=O)n1. The summed E-state index contributed by atoms with van der Waals surface area (Å²) in [6, 6.07) is 18.6. The Bertz CT molecular complexity index is 1260. The van der Waals surface area contributed by atoms with Crippen molar-refractivity contribution in [2.75, 3.05) is 5.32 Å². The molecule has 2 heterocycles. The van der Waals surface area contributed by atoms with Crippen molar-refractivity contribution >= 4 is 17.5 Å². The number of hydrogen-bond donors (Lipinski definition) is 2. The lowest BCUT2D eigenvalue weighted by Crippen LogP contribution is -2.17. The van der Waals surface area contributed by atoms with Gasteiger partial charge in [0.2, 0.25) is 5.91 Å². The first-order valence-corrected chi connectivity index (χ1v) is 9.79. The summed E-state index contributed by atoms with van der Waals surface area (Å²) in [5.74, 6) is -0.782. The number of primary amides is 1. The molecule has 0 unspecified atom stereocenters. The lowest BCUT2D eigenvalue weighted by atomic mass is 10.1. The highest BCUT2D eigenvalue weighted by molar-refractivity contribution is 5.94. The molecule has 2 aromatic heterocycles. The van der Waals surface area contributed by atoms with Crippen molar-refractivity contribution in [2.24, 2.45) is 5.73 Å². The topological polar surface area (TPSA) is 108 Å². The van der Waals surface area contributed by atoms with Crippen LogP contribution in [0.15, 0.2) is 66.9 Å². The number of aryl methyl sites for hydroxylation is 1. The largest absolute Gasteiger partial charge is 0.364 e. The molecule has 31 heavy (non-hydrogen) atoms. The molecule has 2 aromatic carbocycles. The first kappa shape index (κ1) is 20.1. The number of para-hydroxylation sites is 3. The van der Waals surface area contributed by atoms with Crippen LogP contribution in [0.5, 0.6) is 0 Å². The summed E-state index contributed by atoms with van der Waals surface area (Å²) in [5, 5.41) is 11.7. The number of hydrogen-bond acceptors (Lipinski definition) is 4. The zero-order chi connectivity index (χ0) is 22.0. The van der Waals surface area contributed by atoms with Crippen LogP contribution < -0.4 is 11.1 Å². The van der Waals surface area contributed by atoms with Crippen LogP contribution in [0.3, 0.4) is 0 Å². The van der Waals surface area contributed by atoms with Crippen molar-refractivity contribution in [1.29, 1.82) is 0 Å². The fourth-order valence-electron chi connectivity index (χ4n) is 3.48. The van der Waals surface area contributed by atoms with Crippen molar-refractivity contribution in [3.8, 4) is 11.4 Å². The molecule has 0 bridgehead atoms. The zero-order valence-electron chi connectivity index (χ0n) is 17.2. The molecule has 0 aliphatic rings. The number of nitrogens with zero attached hydrogens (tertiary/aromatic N) is 4. The number of amides is 2. The van der Waals surface area contributed by atoms with E-state index in [9.17, 15) is 9.59 Å². The van der Waals surface area contributed by atoms with E-state index in [1.807, 2.05) is 61.0 Å². The molecule has 8 nitrogen and oxygen atoms in total. The molecule has 4 rings (SSSR count). The number of carbonyl (C=O) groups excluding carboxylic acids is 2. The van der Waals surface area contributed by atoms with Gasteiger partial charge < -0.3 is 11.1 Å². The van der Waals surface area contributed by atoms with E-state index in [2.05, 4.69) is 15.5 Å². The van der Waals surface area contributed by atoms with Crippen molar-refractivity contribution in [3.63, 3.8) is 0 Å². The maximum Gasteiger partial charge on any atom is 0.269 e. The third-order valence-electron chi connectivity index (χ3n) is 5.05. The second-order valence-corrected chi connectivity index (χ2v) is 7.15. The minimum atomic E-state index is -0.610. The zero-order valence-corrected chi connectivity index (χ0v) is 17.2. The van der Waals surface area contributed by atoms with Crippen LogP contribution >= 0.6 is 0 Å². The van der Waals surface area contributed by atoms with Gasteiger partial charge >= 0.3 is 0 Å². The smallest absolute Gasteiger partial charge is 0.269 e. The predicted octanol–water partition coefficient (Wildman–Crippen LogP) is 2.95. The van der Waals surface area contributed by atoms with Gasteiger partial charge in [-0.1, -0.05) is 30.3 Å². The van der Waals surface area contributed by atoms with Gasteiger partial charge in [-0.2, -0.15) is 10.2 Å². The molecule has 0 atom stereocenters. The van der Waals surface area contributed by atoms with Crippen molar-refractivity contribution in [1.82, 2.24) is 19.6 Å². The third kappa shape index (κ3) is 4.09. The van der Waals surface area contributed by atoms with Gasteiger partial charge in [0, 0.05) is 17.5 Å². The Morgan fingerprint density at radius 3 is 2.39 bits per heavy atom. The molecule has 0 aliphatic carbocycles. The number of nitrogens with two attached hydrogens (primary N) is 1. The van der Waals surface area contributed by atoms with Crippen LogP contribution in [-0.4, -0.2) is 31.4 Å². The quantitative estimate of drug-likeness (QED) is 0.506. The molecule has 0 fully saturated rings. The minimum absolute atomic E-state index is 0.153.